The molecule has 0 spiro atoms. The third-order valence-electron chi connectivity index (χ3n) is 2.85. The number of nitrogens with two attached hydrogens (primary N) is 2. The summed E-state index contributed by atoms with van der Waals surface area (Å²) in [6, 6.07) is 5.02. The standard InChI is InChI=1S/C14H22N4O3.C2H4O2.ClH/c1-21-13(19)5-8-18-14(20)10-3-4-12(11(16)9-10)17-7-2-6-15;1-2(3)4;/h3-4,9,17H,2,5-8,15-16H2,1H3,(H,18,20);1H3,(H,3,4);1H. The van der Waals surface area contributed by atoms with E-state index < -0.39 is 5.97 Å². The Morgan fingerprint density at radius 2 is 1.85 bits per heavy atom. The zero-order valence-corrected chi connectivity index (χ0v) is 15.7. The van der Waals surface area contributed by atoms with Crippen molar-refractivity contribution in [3.8, 4) is 0 Å². The summed E-state index contributed by atoms with van der Waals surface area (Å²) >= 11 is 0. The van der Waals surface area contributed by atoms with Crippen LogP contribution in [-0.2, 0) is 14.3 Å². The van der Waals surface area contributed by atoms with E-state index in [1.807, 2.05) is 0 Å². The van der Waals surface area contributed by atoms with Crippen LogP contribution in [0.3, 0.4) is 0 Å². The zero-order chi connectivity index (χ0) is 19.2. The number of amides is 1. The molecular formula is C16H27ClN4O5. The maximum Gasteiger partial charge on any atom is 0.307 e. The Morgan fingerprint density at radius 3 is 2.35 bits per heavy atom. The number of carboxylic acid groups (broad SMARTS) is 1. The predicted molar refractivity (Wildman–Crippen MR) is 103 cm³/mol. The lowest BCUT2D eigenvalue weighted by atomic mass is 10.1. The minimum atomic E-state index is -0.833. The molecule has 0 saturated carbocycles. The van der Waals surface area contributed by atoms with Gasteiger partial charge in [0.1, 0.15) is 0 Å². The van der Waals surface area contributed by atoms with Crippen LogP contribution in [0.15, 0.2) is 18.2 Å². The van der Waals surface area contributed by atoms with Gasteiger partial charge in [-0.2, -0.15) is 0 Å². The van der Waals surface area contributed by atoms with Gasteiger partial charge in [-0.3, -0.25) is 14.4 Å². The van der Waals surface area contributed by atoms with Crippen LogP contribution in [0.4, 0.5) is 11.4 Å². The average molecular weight is 391 g/mol. The van der Waals surface area contributed by atoms with Gasteiger partial charge in [0.15, 0.2) is 0 Å². The van der Waals surface area contributed by atoms with Crippen molar-refractivity contribution < 1.29 is 24.2 Å². The molecule has 1 rings (SSSR count). The largest absolute Gasteiger partial charge is 0.481 e. The maximum absolute atomic E-state index is 11.9. The molecule has 0 radical (unpaired) electrons. The number of hydrogen-bond acceptors (Lipinski definition) is 7. The van der Waals surface area contributed by atoms with E-state index in [2.05, 4.69) is 15.4 Å². The molecule has 0 bridgehead atoms. The minimum Gasteiger partial charge on any atom is -0.481 e. The highest BCUT2D eigenvalue weighted by atomic mass is 35.5. The van der Waals surface area contributed by atoms with E-state index >= 15 is 0 Å². The molecule has 0 aromatic heterocycles. The molecule has 1 amide bonds. The van der Waals surface area contributed by atoms with Crippen LogP contribution in [0.5, 0.6) is 0 Å². The molecule has 0 heterocycles. The average Bonchev–Trinajstić information content (AvgIpc) is 2.55. The smallest absolute Gasteiger partial charge is 0.307 e. The molecule has 0 atom stereocenters. The molecule has 10 heteroatoms. The number of carboxylic acids is 1. The van der Waals surface area contributed by atoms with Crippen molar-refractivity contribution in [1.82, 2.24) is 5.32 Å². The van der Waals surface area contributed by atoms with Crippen LogP contribution in [0, 0.1) is 0 Å². The van der Waals surface area contributed by atoms with Crippen molar-refractivity contribution in [2.45, 2.75) is 19.8 Å². The van der Waals surface area contributed by atoms with Crippen molar-refractivity contribution >= 4 is 41.6 Å². The van der Waals surface area contributed by atoms with Gasteiger partial charge < -0.3 is 31.9 Å². The number of rotatable bonds is 8. The van der Waals surface area contributed by atoms with Gasteiger partial charge in [-0.15, -0.1) is 12.4 Å². The topological polar surface area (TPSA) is 157 Å². The Morgan fingerprint density at radius 1 is 1.23 bits per heavy atom. The highest BCUT2D eigenvalue weighted by molar-refractivity contribution is 5.96. The number of halogens is 1. The van der Waals surface area contributed by atoms with Crippen LogP contribution in [0.2, 0.25) is 0 Å². The summed E-state index contributed by atoms with van der Waals surface area (Å²) in [6.07, 6.45) is 0.978. The first-order chi connectivity index (χ1) is 11.8. The Labute approximate surface area is 158 Å². The second-order valence-electron chi connectivity index (χ2n) is 4.97. The van der Waals surface area contributed by atoms with Crippen LogP contribution in [0.25, 0.3) is 0 Å². The fraction of sp³-hybridized carbons (Fsp3) is 0.438. The lowest BCUT2D eigenvalue weighted by Gasteiger charge is -2.10. The maximum atomic E-state index is 11.9. The van der Waals surface area contributed by atoms with Crippen molar-refractivity contribution in [3.63, 3.8) is 0 Å². The molecule has 0 aliphatic rings. The molecule has 0 fully saturated rings. The second-order valence-corrected chi connectivity index (χ2v) is 4.97. The highest BCUT2D eigenvalue weighted by Crippen LogP contribution is 2.19. The number of esters is 1. The van der Waals surface area contributed by atoms with E-state index in [0.29, 0.717) is 17.8 Å². The van der Waals surface area contributed by atoms with Crippen molar-refractivity contribution in [3.05, 3.63) is 23.8 Å². The Kier molecular flexibility index (Phi) is 14.6. The number of hydrogen-bond donors (Lipinski definition) is 5. The van der Waals surface area contributed by atoms with Crippen LogP contribution in [-0.4, -0.2) is 49.7 Å². The van der Waals surface area contributed by atoms with E-state index in [-0.39, 0.29) is 37.2 Å². The lowest BCUT2D eigenvalue weighted by Crippen LogP contribution is -2.26. The number of aliphatic carboxylic acids is 1. The highest BCUT2D eigenvalue weighted by Gasteiger charge is 2.09. The summed E-state index contributed by atoms with van der Waals surface area (Å²) in [4.78, 5) is 31.8. The minimum absolute atomic E-state index is 0. The van der Waals surface area contributed by atoms with E-state index in [0.717, 1.165) is 25.6 Å². The Bertz CT molecular complexity index is 580. The van der Waals surface area contributed by atoms with E-state index in [1.165, 1.54) is 7.11 Å². The fourth-order valence-corrected chi connectivity index (χ4v) is 1.67. The third-order valence-corrected chi connectivity index (χ3v) is 2.85. The second kappa shape index (κ2) is 14.8. The van der Waals surface area contributed by atoms with E-state index in [1.54, 1.807) is 18.2 Å². The molecule has 1 aromatic rings. The Balaban J connectivity index is 0. The summed E-state index contributed by atoms with van der Waals surface area (Å²) in [5, 5.41) is 13.2. The third kappa shape index (κ3) is 11.9. The normalized spacial score (nSPS) is 9.04. The molecule has 148 valence electrons. The Hall–Kier alpha value is -2.52. The number of methoxy groups -OCH3 is 1. The van der Waals surface area contributed by atoms with Gasteiger partial charge in [0.25, 0.3) is 11.9 Å². The summed E-state index contributed by atoms with van der Waals surface area (Å²) < 4.78 is 4.49. The molecule has 7 N–H and O–H groups in total. The summed E-state index contributed by atoms with van der Waals surface area (Å²) in [6.45, 7) is 2.64. The van der Waals surface area contributed by atoms with Crippen LogP contribution < -0.4 is 22.1 Å². The van der Waals surface area contributed by atoms with E-state index in [4.69, 9.17) is 21.4 Å². The molecule has 26 heavy (non-hydrogen) atoms. The van der Waals surface area contributed by atoms with Crippen LogP contribution in [0.1, 0.15) is 30.1 Å². The van der Waals surface area contributed by atoms with E-state index in [9.17, 15) is 9.59 Å². The van der Waals surface area contributed by atoms with Gasteiger partial charge in [-0.1, -0.05) is 0 Å². The number of nitrogens with one attached hydrogen (secondary N) is 2. The first-order valence-corrected chi connectivity index (χ1v) is 7.69. The van der Waals surface area contributed by atoms with Gasteiger partial charge in [0.2, 0.25) is 0 Å². The molecule has 0 unspecified atom stereocenters. The monoisotopic (exact) mass is 390 g/mol. The first kappa shape index (κ1) is 25.7. The van der Waals surface area contributed by atoms with Crippen molar-refractivity contribution in [1.29, 1.82) is 0 Å². The summed E-state index contributed by atoms with van der Waals surface area (Å²) in [5.74, 6) is -1.48. The molecular weight excluding hydrogens is 364 g/mol. The van der Waals surface area contributed by atoms with Gasteiger partial charge in [-0.05, 0) is 31.2 Å². The molecule has 0 aliphatic carbocycles. The number of benzene rings is 1. The number of anilines is 2. The molecule has 1 aromatic carbocycles. The quantitative estimate of drug-likeness (QED) is 0.248. The van der Waals surface area contributed by atoms with Crippen molar-refractivity contribution in [2.75, 3.05) is 37.8 Å². The number of carbonyl (C=O) groups is 3. The lowest BCUT2D eigenvalue weighted by molar-refractivity contribution is -0.140. The molecule has 0 saturated heterocycles. The number of nitrogen functional groups attached to an aromatic ring is 1. The predicted octanol–water partition coefficient (Wildman–Crippen LogP) is 0.835. The first-order valence-electron chi connectivity index (χ1n) is 7.69. The number of ether oxygens (including phenoxy) is 1. The summed E-state index contributed by atoms with van der Waals surface area (Å²) in [7, 11) is 1.31. The van der Waals surface area contributed by atoms with Crippen LogP contribution >= 0.6 is 12.4 Å². The molecule has 9 nitrogen and oxygen atoms in total. The van der Waals surface area contributed by atoms with Gasteiger partial charge in [0, 0.05) is 25.6 Å². The number of carbonyl (C=O) groups excluding carboxylic acids is 2. The zero-order valence-electron chi connectivity index (χ0n) is 14.9. The van der Waals surface area contributed by atoms with Gasteiger partial charge in [-0.25, -0.2) is 0 Å². The van der Waals surface area contributed by atoms with Gasteiger partial charge in [0.05, 0.1) is 24.9 Å². The fourth-order valence-electron chi connectivity index (χ4n) is 1.67. The van der Waals surface area contributed by atoms with Crippen molar-refractivity contribution in [2.24, 2.45) is 5.73 Å². The van der Waals surface area contributed by atoms with Gasteiger partial charge >= 0.3 is 5.97 Å². The SMILES string of the molecule is CC(=O)O.COC(=O)CCNC(=O)c1ccc(NCCCN)c(N)c1.Cl. The molecule has 0 aliphatic heterocycles. The summed E-state index contributed by atoms with van der Waals surface area (Å²) in [5.41, 5.74) is 13.0.